The van der Waals surface area contributed by atoms with Gasteiger partial charge >= 0.3 is 0 Å². The summed E-state index contributed by atoms with van der Waals surface area (Å²) in [6.45, 7) is 3.27. The molecule has 1 N–H and O–H groups in total. The largest absolute Gasteiger partial charge is 0.468 e. The fourth-order valence-corrected chi connectivity index (χ4v) is 5.49. The molecule has 196 valence electrons. The van der Waals surface area contributed by atoms with Crippen LogP contribution in [-0.2, 0) is 19.6 Å². The molecule has 0 fully saturated rings. The number of rotatable bonds is 9. The number of hydrogen-bond donors (Lipinski definition) is 1. The Morgan fingerprint density at radius 2 is 1.95 bits per heavy atom. The molecule has 0 unspecified atom stereocenters. The van der Waals surface area contributed by atoms with Gasteiger partial charge in [-0.25, -0.2) is 9.07 Å². The van der Waals surface area contributed by atoms with Crippen molar-refractivity contribution >= 4 is 22.2 Å². The number of aromatic nitrogens is 5. The zero-order valence-corrected chi connectivity index (χ0v) is 21.9. The van der Waals surface area contributed by atoms with Gasteiger partial charge in [-0.2, -0.15) is 0 Å². The Hall–Kier alpha value is -4.41. The molecule has 0 aliphatic carbocycles. The van der Waals surface area contributed by atoms with Gasteiger partial charge in [-0.1, -0.05) is 30.3 Å². The van der Waals surface area contributed by atoms with Gasteiger partial charge in [0.05, 0.1) is 19.4 Å². The predicted octanol–water partition coefficient (Wildman–Crippen LogP) is 5.46. The smallest absolute Gasteiger partial charge is 0.253 e. The molecule has 39 heavy (non-hydrogen) atoms. The normalized spacial score (nSPS) is 12.4. The molecule has 0 amide bonds. The van der Waals surface area contributed by atoms with E-state index in [4.69, 9.17) is 4.42 Å². The summed E-state index contributed by atoms with van der Waals surface area (Å²) in [5.74, 6) is 0.938. The first-order valence-corrected chi connectivity index (χ1v) is 13.3. The molecule has 0 bridgehead atoms. The molecular weight excluding hydrogens is 515 g/mol. The van der Waals surface area contributed by atoms with E-state index in [0.29, 0.717) is 31.0 Å². The van der Waals surface area contributed by atoms with Crippen LogP contribution in [0.1, 0.15) is 39.2 Å². The highest BCUT2D eigenvalue weighted by molar-refractivity contribution is 7.09. The van der Waals surface area contributed by atoms with Crippen LogP contribution in [0.15, 0.2) is 93.7 Å². The lowest BCUT2D eigenvalue weighted by molar-refractivity contribution is 0.181. The van der Waals surface area contributed by atoms with E-state index in [1.807, 2.05) is 54.8 Å². The second kappa shape index (κ2) is 10.8. The van der Waals surface area contributed by atoms with Crippen LogP contribution in [0.2, 0.25) is 0 Å². The number of nitrogens with one attached hydrogen (secondary N) is 1. The molecule has 6 rings (SSSR count). The van der Waals surface area contributed by atoms with Crippen molar-refractivity contribution in [1.29, 1.82) is 0 Å². The van der Waals surface area contributed by atoms with Crippen LogP contribution in [0.25, 0.3) is 10.9 Å². The number of hydrogen-bond acceptors (Lipinski definition) is 7. The number of furan rings is 1. The standard InChI is InChI=1S/C29H25FN6O2S/c1-19-6-9-21-15-25(29(37)31-26(21)14-19)27(28-32-33-34-36(28)16-20-7-10-22(30)11-8-20)35(17-23-4-2-12-38-23)18-24-5-3-13-39-24/h2-15,27H,16-18H2,1H3,(H,31,37)/t27-/m0/s1. The Kier molecular flexibility index (Phi) is 6.87. The van der Waals surface area contributed by atoms with E-state index in [1.165, 1.54) is 12.1 Å². The number of thiophene rings is 1. The number of benzene rings is 2. The summed E-state index contributed by atoms with van der Waals surface area (Å²) in [5.41, 5.74) is 2.96. The molecule has 4 aromatic heterocycles. The fourth-order valence-electron chi connectivity index (χ4n) is 4.76. The van der Waals surface area contributed by atoms with E-state index in [-0.39, 0.29) is 11.4 Å². The van der Waals surface area contributed by atoms with Crippen LogP contribution in [0.5, 0.6) is 0 Å². The van der Waals surface area contributed by atoms with Crippen molar-refractivity contribution in [3.05, 3.63) is 134 Å². The summed E-state index contributed by atoms with van der Waals surface area (Å²) < 4.78 is 20.9. The van der Waals surface area contributed by atoms with Crippen LogP contribution in [0, 0.1) is 12.7 Å². The van der Waals surface area contributed by atoms with Crippen LogP contribution >= 0.6 is 11.3 Å². The first-order valence-electron chi connectivity index (χ1n) is 12.5. The summed E-state index contributed by atoms with van der Waals surface area (Å²) in [7, 11) is 0. The first-order chi connectivity index (χ1) is 19.0. The molecule has 4 heterocycles. The molecule has 0 saturated heterocycles. The van der Waals surface area contributed by atoms with Crippen molar-refractivity contribution in [1.82, 2.24) is 30.1 Å². The van der Waals surface area contributed by atoms with Gasteiger partial charge in [-0.05, 0) is 81.7 Å². The van der Waals surface area contributed by atoms with Crippen LogP contribution in [-0.4, -0.2) is 30.1 Å². The lowest BCUT2D eigenvalue weighted by Crippen LogP contribution is -2.34. The van der Waals surface area contributed by atoms with E-state index in [9.17, 15) is 9.18 Å². The van der Waals surface area contributed by atoms with E-state index in [2.05, 4.69) is 31.5 Å². The molecule has 0 aliphatic rings. The number of aromatic amines is 1. The van der Waals surface area contributed by atoms with Gasteiger partial charge in [0.25, 0.3) is 5.56 Å². The molecule has 10 heteroatoms. The second-order valence-corrected chi connectivity index (χ2v) is 10.5. The number of aryl methyl sites for hydroxylation is 1. The zero-order chi connectivity index (χ0) is 26.8. The van der Waals surface area contributed by atoms with E-state index >= 15 is 0 Å². The lowest BCUT2D eigenvalue weighted by Gasteiger charge is -2.30. The Bertz CT molecular complexity index is 1710. The minimum atomic E-state index is -0.609. The second-order valence-electron chi connectivity index (χ2n) is 9.43. The Morgan fingerprint density at radius 3 is 2.72 bits per heavy atom. The number of tetrazole rings is 1. The van der Waals surface area contributed by atoms with Crippen molar-refractivity contribution in [2.75, 3.05) is 0 Å². The number of fused-ring (bicyclic) bond motifs is 1. The minimum Gasteiger partial charge on any atom is -0.468 e. The Morgan fingerprint density at radius 1 is 1.08 bits per heavy atom. The third kappa shape index (κ3) is 5.43. The quantitative estimate of drug-likeness (QED) is 0.262. The maximum atomic E-state index is 13.7. The van der Waals surface area contributed by atoms with Crippen molar-refractivity contribution in [2.24, 2.45) is 0 Å². The van der Waals surface area contributed by atoms with Crippen LogP contribution in [0.3, 0.4) is 0 Å². The molecule has 6 aromatic rings. The first kappa shape index (κ1) is 24.9. The van der Waals surface area contributed by atoms with Gasteiger partial charge in [0.1, 0.15) is 17.6 Å². The Balaban J connectivity index is 1.51. The molecule has 1 atom stereocenters. The highest BCUT2D eigenvalue weighted by atomic mass is 32.1. The average Bonchev–Trinajstić information content (AvgIpc) is 3.71. The van der Waals surface area contributed by atoms with Gasteiger partial charge in [0.15, 0.2) is 5.82 Å². The summed E-state index contributed by atoms with van der Waals surface area (Å²) in [6.07, 6.45) is 1.64. The van der Waals surface area contributed by atoms with Crippen molar-refractivity contribution in [3.63, 3.8) is 0 Å². The summed E-state index contributed by atoms with van der Waals surface area (Å²) in [4.78, 5) is 20.0. The molecule has 0 aliphatic heterocycles. The predicted molar refractivity (Wildman–Crippen MR) is 147 cm³/mol. The molecule has 0 saturated carbocycles. The van der Waals surface area contributed by atoms with Gasteiger partial charge in [-0.15, -0.1) is 16.4 Å². The molecule has 8 nitrogen and oxygen atoms in total. The van der Waals surface area contributed by atoms with E-state index in [0.717, 1.165) is 32.7 Å². The average molecular weight is 541 g/mol. The van der Waals surface area contributed by atoms with Gasteiger partial charge in [0, 0.05) is 22.5 Å². The molecule has 2 aromatic carbocycles. The summed E-state index contributed by atoms with van der Waals surface area (Å²) in [5, 5.41) is 15.6. The third-order valence-corrected chi connectivity index (χ3v) is 7.48. The monoisotopic (exact) mass is 540 g/mol. The van der Waals surface area contributed by atoms with Gasteiger partial charge in [-0.3, -0.25) is 9.69 Å². The molecule has 0 radical (unpaired) electrons. The van der Waals surface area contributed by atoms with Gasteiger partial charge in [0.2, 0.25) is 0 Å². The Labute approximate surface area is 227 Å². The topological polar surface area (TPSA) is 92.8 Å². The maximum absolute atomic E-state index is 13.7. The lowest BCUT2D eigenvalue weighted by atomic mass is 10.0. The number of H-pyrrole nitrogens is 1. The number of pyridine rings is 1. The van der Waals surface area contributed by atoms with Crippen molar-refractivity contribution in [3.8, 4) is 0 Å². The number of nitrogens with zero attached hydrogens (tertiary/aromatic N) is 5. The highest BCUT2D eigenvalue weighted by Gasteiger charge is 2.31. The third-order valence-electron chi connectivity index (χ3n) is 6.62. The summed E-state index contributed by atoms with van der Waals surface area (Å²) >= 11 is 1.64. The van der Waals surface area contributed by atoms with E-state index in [1.54, 1.807) is 34.4 Å². The maximum Gasteiger partial charge on any atom is 0.253 e. The molecular formula is C29H25FN6O2S. The number of halogens is 1. The van der Waals surface area contributed by atoms with Gasteiger partial charge < -0.3 is 9.40 Å². The van der Waals surface area contributed by atoms with Crippen molar-refractivity contribution < 1.29 is 8.81 Å². The van der Waals surface area contributed by atoms with Crippen molar-refractivity contribution in [2.45, 2.75) is 32.6 Å². The van der Waals surface area contributed by atoms with Crippen LogP contribution in [0.4, 0.5) is 4.39 Å². The minimum absolute atomic E-state index is 0.218. The highest BCUT2D eigenvalue weighted by Crippen LogP contribution is 2.31. The summed E-state index contributed by atoms with van der Waals surface area (Å²) in [6, 6.07) is 21.3. The fraction of sp³-hybridized carbons (Fsp3) is 0.172. The molecule has 0 spiro atoms. The SMILES string of the molecule is Cc1ccc2cc([C@@H](c3nnnn3Cc3ccc(F)cc3)N(Cc3ccco3)Cc3cccs3)c(=O)[nH]c2c1. The zero-order valence-electron chi connectivity index (χ0n) is 21.1. The van der Waals surface area contributed by atoms with Crippen LogP contribution < -0.4 is 5.56 Å². The van der Waals surface area contributed by atoms with E-state index < -0.39 is 6.04 Å².